The van der Waals surface area contributed by atoms with Crippen molar-refractivity contribution < 1.29 is 9.66 Å². The molecule has 5 nitrogen and oxygen atoms in total. The second-order valence-corrected chi connectivity index (χ2v) is 4.03. The third-order valence-corrected chi connectivity index (χ3v) is 2.72. The van der Waals surface area contributed by atoms with Gasteiger partial charge in [0.05, 0.1) is 11.0 Å². The standard InChI is InChI=1S/C14H14N2O3/c15-9-12-6-7-13(8-14(12)16(17)18)19-10-11-4-2-1-3-5-11/h1-8H,9-10,15H2. The predicted octanol–water partition coefficient (Wildman–Crippen LogP) is 2.63. The number of hydrogen-bond acceptors (Lipinski definition) is 4. The molecule has 0 saturated carbocycles. The van der Waals surface area contributed by atoms with E-state index in [1.807, 2.05) is 30.3 Å². The van der Waals surface area contributed by atoms with Crippen LogP contribution in [0.5, 0.6) is 5.75 Å². The third kappa shape index (κ3) is 3.29. The van der Waals surface area contributed by atoms with E-state index < -0.39 is 4.92 Å². The fourth-order valence-electron chi connectivity index (χ4n) is 1.72. The maximum atomic E-state index is 10.9. The van der Waals surface area contributed by atoms with Gasteiger partial charge in [0.15, 0.2) is 0 Å². The van der Waals surface area contributed by atoms with Gasteiger partial charge in [0.1, 0.15) is 12.4 Å². The maximum Gasteiger partial charge on any atom is 0.277 e. The van der Waals surface area contributed by atoms with Crippen LogP contribution in [-0.2, 0) is 13.2 Å². The van der Waals surface area contributed by atoms with Crippen LogP contribution in [0.3, 0.4) is 0 Å². The fraction of sp³-hybridized carbons (Fsp3) is 0.143. The highest BCUT2D eigenvalue weighted by atomic mass is 16.6. The molecule has 2 N–H and O–H groups in total. The van der Waals surface area contributed by atoms with E-state index in [1.165, 1.54) is 6.07 Å². The molecule has 0 radical (unpaired) electrons. The van der Waals surface area contributed by atoms with Gasteiger partial charge >= 0.3 is 0 Å². The minimum Gasteiger partial charge on any atom is -0.489 e. The zero-order chi connectivity index (χ0) is 13.7. The van der Waals surface area contributed by atoms with Crippen molar-refractivity contribution in [2.75, 3.05) is 0 Å². The third-order valence-electron chi connectivity index (χ3n) is 2.72. The van der Waals surface area contributed by atoms with Crippen molar-refractivity contribution in [3.05, 3.63) is 69.8 Å². The van der Waals surface area contributed by atoms with E-state index in [9.17, 15) is 10.1 Å². The van der Waals surface area contributed by atoms with E-state index in [4.69, 9.17) is 10.5 Å². The molecule has 0 aliphatic heterocycles. The second-order valence-electron chi connectivity index (χ2n) is 4.03. The van der Waals surface area contributed by atoms with Crippen molar-refractivity contribution in [3.63, 3.8) is 0 Å². The largest absolute Gasteiger partial charge is 0.489 e. The molecule has 0 unspecified atom stereocenters. The Hall–Kier alpha value is -2.40. The number of nitrogens with zero attached hydrogens (tertiary/aromatic N) is 1. The van der Waals surface area contributed by atoms with E-state index in [-0.39, 0.29) is 12.2 Å². The minimum absolute atomic E-state index is 0.00642. The lowest BCUT2D eigenvalue weighted by molar-refractivity contribution is -0.385. The zero-order valence-electron chi connectivity index (χ0n) is 10.3. The van der Waals surface area contributed by atoms with Crippen LogP contribution < -0.4 is 10.5 Å². The van der Waals surface area contributed by atoms with Crippen molar-refractivity contribution >= 4 is 5.69 Å². The minimum atomic E-state index is -0.447. The van der Waals surface area contributed by atoms with Crippen molar-refractivity contribution in [2.45, 2.75) is 13.2 Å². The molecule has 0 aromatic heterocycles. The molecule has 19 heavy (non-hydrogen) atoms. The zero-order valence-corrected chi connectivity index (χ0v) is 10.3. The highest BCUT2D eigenvalue weighted by Crippen LogP contribution is 2.24. The Bertz CT molecular complexity index is 570. The number of nitro benzene ring substituents is 1. The number of ether oxygens (including phenoxy) is 1. The molecular weight excluding hydrogens is 244 g/mol. The number of hydrogen-bond donors (Lipinski definition) is 1. The first-order valence-corrected chi connectivity index (χ1v) is 5.85. The van der Waals surface area contributed by atoms with Crippen molar-refractivity contribution in [1.29, 1.82) is 0 Å². The van der Waals surface area contributed by atoms with Crippen molar-refractivity contribution in [1.82, 2.24) is 0 Å². The van der Waals surface area contributed by atoms with Crippen molar-refractivity contribution in [3.8, 4) is 5.75 Å². The molecule has 2 aromatic carbocycles. The van der Waals surface area contributed by atoms with Gasteiger partial charge in [-0.15, -0.1) is 0 Å². The number of nitrogens with two attached hydrogens (primary N) is 1. The first-order chi connectivity index (χ1) is 9.20. The molecule has 0 amide bonds. The van der Waals surface area contributed by atoms with Crippen molar-refractivity contribution in [2.24, 2.45) is 5.73 Å². The Kier molecular flexibility index (Phi) is 4.10. The summed E-state index contributed by atoms with van der Waals surface area (Å²) in [6.45, 7) is 0.509. The predicted molar refractivity (Wildman–Crippen MR) is 71.8 cm³/mol. The molecule has 0 saturated heterocycles. The summed E-state index contributed by atoms with van der Waals surface area (Å²) in [5.74, 6) is 0.466. The highest BCUT2D eigenvalue weighted by Gasteiger charge is 2.13. The van der Waals surface area contributed by atoms with Gasteiger partial charge in [-0.3, -0.25) is 10.1 Å². The van der Waals surface area contributed by atoms with Gasteiger partial charge in [-0.25, -0.2) is 0 Å². The van der Waals surface area contributed by atoms with Crippen LogP contribution in [0.2, 0.25) is 0 Å². The van der Waals surface area contributed by atoms with E-state index >= 15 is 0 Å². The van der Waals surface area contributed by atoms with Gasteiger partial charge in [0.2, 0.25) is 0 Å². The Morgan fingerprint density at radius 2 is 1.89 bits per heavy atom. The monoisotopic (exact) mass is 258 g/mol. The topological polar surface area (TPSA) is 78.4 Å². The van der Waals surface area contributed by atoms with Crippen LogP contribution in [0.1, 0.15) is 11.1 Å². The van der Waals surface area contributed by atoms with Crippen LogP contribution in [0.4, 0.5) is 5.69 Å². The molecular formula is C14H14N2O3. The summed E-state index contributed by atoms with van der Waals surface area (Å²) in [7, 11) is 0. The smallest absolute Gasteiger partial charge is 0.277 e. The first kappa shape index (κ1) is 13.0. The summed E-state index contributed by atoms with van der Waals surface area (Å²) in [5.41, 5.74) is 6.96. The van der Waals surface area contributed by atoms with Crippen LogP contribution in [0.15, 0.2) is 48.5 Å². The molecule has 2 aromatic rings. The van der Waals surface area contributed by atoms with E-state index in [2.05, 4.69) is 0 Å². The quantitative estimate of drug-likeness (QED) is 0.660. The lowest BCUT2D eigenvalue weighted by Crippen LogP contribution is -2.03. The number of rotatable bonds is 5. The maximum absolute atomic E-state index is 10.9. The van der Waals surface area contributed by atoms with Crippen LogP contribution >= 0.6 is 0 Å². The Balaban J connectivity index is 2.13. The molecule has 5 heteroatoms. The summed E-state index contributed by atoms with van der Waals surface area (Å²) in [6, 6.07) is 14.3. The Morgan fingerprint density at radius 3 is 2.53 bits per heavy atom. The fourth-order valence-corrected chi connectivity index (χ4v) is 1.72. The van der Waals surface area contributed by atoms with Gasteiger partial charge in [-0.1, -0.05) is 30.3 Å². The second kappa shape index (κ2) is 5.97. The van der Waals surface area contributed by atoms with Gasteiger partial charge in [-0.05, 0) is 17.7 Å². The molecule has 0 atom stereocenters. The van der Waals surface area contributed by atoms with Crippen LogP contribution in [0.25, 0.3) is 0 Å². The summed E-state index contributed by atoms with van der Waals surface area (Å²) in [6.07, 6.45) is 0. The Labute approximate surface area is 110 Å². The van der Waals surface area contributed by atoms with Gasteiger partial charge in [-0.2, -0.15) is 0 Å². The number of nitro groups is 1. The summed E-state index contributed by atoms with van der Waals surface area (Å²) < 4.78 is 5.54. The van der Waals surface area contributed by atoms with Gasteiger partial charge in [0, 0.05) is 12.1 Å². The van der Waals surface area contributed by atoms with Gasteiger partial charge < -0.3 is 10.5 Å². The molecule has 0 bridgehead atoms. The molecule has 98 valence electrons. The molecule has 2 rings (SSSR count). The molecule has 0 heterocycles. The van der Waals surface area contributed by atoms with Gasteiger partial charge in [0.25, 0.3) is 5.69 Å². The molecule has 0 aliphatic carbocycles. The van der Waals surface area contributed by atoms with Crippen LogP contribution in [0, 0.1) is 10.1 Å². The Morgan fingerprint density at radius 1 is 1.16 bits per heavy atom. The average molecular weight is 258 g/mol. The molecule has 0 aliphatic rings. The highest BCUT2D eigenvalue weighted by molar-refractivity contribution is 5.46. The lowest BCUT2D eigenvalue weighted by atomic mass is 10.1. The normalized spacial score (nSPS) is 10.2. The summed E-state index contributed by atoms with van der Waals surface area (Å²) in [4.78, 5) is 10.5. The van der Waals surface area contributed by atoms with E-state index in [1.54, 1.807) is 12.1 Å². The lowest BCUT2D eigenvalue weighted by Gasteiger charge is -2.07. The SMILES string of the molecule is NCc1ccc(OCc2ccccc2)cc1[N+](=O)[O-]. The molecule has 0 fully saturated rings. The summed E-state index contributed by atoms with van der Waals surface area (Å²) >= 11 is 0. The van der Waals surface area contributed by atoms with Crippen LogP contribution in [-0.4, -0.2) is 4.92 Å². The first-order valence-electron chi connectivity index (χ1n) is 5.85. The molecule has 0 spiro atoms. The van der Waals surface area contributed by atoms with E-state index in [0.717, 1.165) is 5.56 Å². The number of benzene rings is 2. The summed E-state index contributed by atoms with van der Waals surface area (Å²) in [5, 5.41) is 10.9. The average Bonchev–Trinajstić information content (AvgIpc) is 2.46. The van der Waals surface area contributed by atoms with E-state index in [0.29, 0.717) is 17.9 Å².